The van der Waals surface area contributed by atoms with E-state index in [-0.39, 0.29) is 60.2 Å². The number of carbonyl (C=O) groups excluding carboxylic acids is 6. The molecule has 26 heteroatoms. The lowest BCUT2D eigenvalue weighted by Gasteiger charge is -2.32. The number of likely N-dealkylation sites (N-methyl/N-ethyl adjacent to an activating group) is 1. The molecular formula is C105H137F4N7O14S. The van der Waals surface area contributed by atoms with E-state index < -0.39 is 33.9 Å². The second-order valence-electron chi connectivity index (χ2n) is 38.9. The molecule has 8 aromatic rings. The Labute approximate surface area is 773 Å². The van der Waals surface area contributed by atoms with Crippen LogP contribution in [0.2, 0.25) is 0 Å². The van der Waals surface area contributed by atoms with Crippen molar-refractivity contribution in [1.82, 2.24) is 4.31 Å². The Morgan fingerprint density at radius 3 is 1.28 bits per heavy atom. The fourth-order valence-corrected chi connectivity index (χ4v) is 16.7. The van der Waals surface area contributed by atoms with Crippen LogP contribution in [-0.2, 0) is 116 Å². The number of aryl methyl sites for hydroxylation is 2. The third-order valence-electron chi connectivity index (χ3n) is 22.2. The molecule has 0 saturated heterocycles. The minimum Gasteiger partial charge on any atom is -0.482 e. The van der Waals surface area contributed by atoms with Crippen LogP contribution in [0.5, 0.6) is 34.5 Å². The highest BCUT2D eigenvalue weighted by molar-refractivity contribution is 7.88. The van der Waals surface area contributed by atoms with Gasteiger partial charge in [-0.25, -0.2) is 8.42 Å². The molecule has 0 aromatic heterocycles. The summed E-state index contributed by atoms with van der Waals surface area (Å²) in [5.74, 6) is 7.17. The SMILES string of the molecule is CC(C)Cc1ccc2c(c1)CN(S(C)(=O)=O)CC2.CC(C)Cc1ccc2c(c1)N(C)C(=O)CC2.CC(C)Cc1ccc2c(c1)N(C)C(=O)CO2.CC(C)Cc1ccc2c(c1)NC(=O)C(C)(C)O2.CC(C)Cc1ccc2c(c1)NC(=O)C(C)O2.CC(C)Cc1ccc2c(c1)NC(=O)CC2.CC(C)Cc1ccc2c(c1)NC(=O)CO2.CC(C)Cc1ccc2c(c1)OC(F)(F)C(F)(F)O2. The second-order valence-corrected chi connectivity index (χ2v) is 40.9. The standard InChI is InChI=1S/C14H21NO2S.C14H19NO2.C14H19NO.2C13H17NO2.C13H17NO.C12H12F4O2.C12H15NO2/c1-11(2)8-12-4-5-13-6-7-15(18(3,16)17)10-14(13)9-12;1-9(2)7-10-5-6-12-11(8-10)15-13(16)14(3,4)17-12;1-10(2)8-11-4-5-12-6-7-14(16)15(3)13(12)9-11;1-9(2)6-10-4-5-12-11(7-10)14(3)13(15)8-16-12;1-8(2)6-10-4-5-12-11(7-10)14-13(15)9(3)16-12;1-9(2)7-10-3-4-11-5-6-13(15)14-12(11)8-10;1-7(2)5-8-3-4-9-10(6-8)18-12(15,16)11(13,14)17-9;1-8(2)5-9-3-4-11-10(6-9)13-12(14)7-15-11/h4-5,9,11H,6-8,10H2,1-3H3;5-6,8-9H,7H2,1-4H3,(H,15,16);4-5,9-10H,6-8H2,1-3H3;4-5,7,9H,6,8H2,1-3H3;4-5,7-9H,6H2,1-3H3,(H,14,15);3-4,8-9H,5-7H2,1-2H3,(H,14,15);3-4,6-7H,5H2,1-2H3;3-4,6,8H,5,7H2,1-2H3,(H,13,14). The molecule has 21 nitrogen and oxygen atoms in total. The summed E-state index contributed by atoms with van der Waals surface area (Å²) in [7, 11) is 0.598. The Hall–Kier alpha value is -11.0. The number of carbonyl (C=O) groups is 6. The Kier molecular flexibility index (Phi) is 36.3. The lowest BCUT2D eigenvalue weighted by molar-refractivity contribution is -0.391. The van der Waals surface area contributed by atoms with E-state index in [2.05, 4.69) is 207 Å². The third kappa shape index (κ3) is 30.8. The molecule has 1 atom stereocenters. The van der Waals surface area contributed by atoms with Crippen molar-refractivity contribution in [2.24, 2.45) is 47.3 Å². The van der Waals surface area contributed by atoms with Crippen LogP contribution in [0.1, 0.15) is 211 Å². The van der Waals surface area contributed by atoms with Crippen molar-refractivity contribution in [1.29, 1.82) is 0 Å². The van der Waals surface area contributed by atoms with E-state index in [1.165, 1.54) is 79.6 Å². The second kappa shape index (κ2) is 45.9. The van der Waals surface area contributed by atoms with E-state index >= 15 is 0 Å². The summed E-state index contributed by atoms with van der Waals surface area (Å²) in [6.45, 7) is 41.3. The lowest BCUT2D eigenvalue weighted by Crippen LogP contribution is -2.52. The molecule has 4 N–H and O–H groups in total. The number of nitrogens with zero attached hydrogens (tertiary/aromatic N) is 3. The highest BCUT2D eigenvalue weighted by atomic mass is 32.2. The van der Waals surface area contributed by atoms with E-state index in [1.807, 2.05) is 69.4 Å². The van der Waals surface area contributed by atoms with Crippen LogP contribution in [0.15, 0.2) is 146 Å². The van der Waals surface area contributed by atoms with Gasteiger partial charge in [0.05, 0.1) is 29.0 Å². The van der Waals surface area contributed by atoms with Crippen molar-refractivity contribution in [2.45, 2.75) is 245 Å². The molecule has 8 heterocycles. The molecule has 0 fully saturated rings. The van der Waals surface area contributed by atoms with Gasteiger partial charge in [0.15, 0.2) is 36.4 Å². The number of nitrogens with one attached hydrogen (secondary N) is 4. The number of alkyl halides is 4. The molecule has 16 rings (SSSR count). The summed E-state index contributed by atoms with van der Waals surface area (Å²) >= 11 is 0. The van der Waals surface area contributed by atoms with Gasteiger partial charge in [-0.05, 0) is 278 Å². The monoisotopic (exact) mass is 1830 g/mol. The zero-order valence-corrected chi connectivity index (χ0v) is 81.4. The summed E-state index contributed by atoms with van der Waals surface area (Å²) < 4.78 is 106. The molecule has 8 aromatic carbocycles. The predicted molar refractivity (Wildman–Crippen MR) is 514 cm³/mol. The van der Waals surface area contributed by atoms with Crippen molar-refractivity contribution in [3.05, 3.63) is 212 Å². The first kappa shape index (κ1) is 104. The summed E-state index contributed by atoms with van der Waals surface area (Å²) in [5, 5.41) is 11.5. The summed E-state index contributed by atoms with van der Waals surface area (Å²) in [5.41, 5.74) is 19.2. The lowest BCUT2D eigenvalue weighted by atomic mass is 9.95. The number of amides is 6. The number of benzene rings is 8. The van der Waals surface area contributed by atoms with Crippen molar-refractivity contribution >= 4 is 79.6 Å². The molecule has 0 bridgehead atoms. The molecule has 0 aliphatic carbocycles. The van der Waals surface area contributed by atoms with Crippen LogP contribution in [-0.4, -0.2) is 112 Å². The molecular weight excluding hydrogens is 1690 g/mol. The zero-order chi connectivity index (χ0) is 96.3. The smallest absolute Gasteiger partial charge is 0.482 e. The molecule has 131 heavy (non-hydrogen) atoms. The zero-order valence-electron chi connectivity index (χ0n) is 80.6. The van der Waals surface area contributed by atoms with Gasteiger partial charge in [0.2, 0.25) is 21.8 Å². The van der Waals surface area contributed by atoms with Gasteiger partial charge in [-0.1, -0.05) is 184 Å². The Bertz CT molecular complexity index is 5280. The number of anilines is 6. The Morgan fingerprint density at radius 2 is 0.763 bits per heavy atom. The highest BCUT2D eigenvalue weighted by Crippen LogP contribution is 2.48. The average Bonchev–Trinajstić information content (AvgIpc) is 0.757. The van der Waals surface area contributed by atoms with Gasteiger partial charge in [0, 0.05) is 51.4 Å². The molecule has 0 radical (unpaired) electrons. The summed E-state index contributed by atoms with van der Waals surface area (Å²) in [4.78, 5) is 72.2. The van der Waals surface area contributed by atoms with E-state index in [0.29, 0.717) is 79.7 Å². The van der Waals surface area contributed by atoms with Crippen molar-refractivity contribution in [3.8, 4) is 34.5 Å². The number of sulfonamides is 1. The normalized spacial score (nSPS) is 16.7. The van der Waals surface area contributed by atoms with E-state index in [4.69, 9.17) is 18.9 Å². The highest BCUT2D eigenvalue weighted by Gasteiger charge is 2.66. The van der Waals surface area contributed by atoms with Crippen molar-refractivity contribution in [2.75, 3.05) is 71.2 Å². The number of ether oxygens (including phenoxy) is 6. The van der Waals surface area contributed by atoms with E-state index in [1.54, 1.807) is 48.0 Å². The first-order valence-electron chi connectivity index (χ1n) is 45.9. The van der Waals surface area contributed by atoms with E-state index in [0.717, 1.165) is 127 Å². The van der Waals surface area contributed by atoms with Gasteiger partial charge >= 0.3 is 12.2 Å². The molecule has 1 unspecified atom stereocenters. The topological polar surface area (TPSA) is 250 Å². The number of rotatable bonds is 17. The number of hydrogen-bond donors (Lipinski definition) is 4. The van der Waals surface area contributed by atoms with Crippen LogP contribution >= 0.6 is 0 Å². The first-order chi connectivity index (χ1) is 61.5. The maximum atomic E-state index is 13.0. The number of hydrogen-bond acceptors (Lipinski definition) is 14. The van der Waals surface area contributed by atoms with Gasteiger partial charge in [-0.2, -0.15) is 21.9 Å². The summed E-state index contributed by atoms with van der Waals surface area (Å²) in [6.07, 6.45) is 3.33. The molecule has 0 spiro atoms. The molecule has 6 amide bonds. The third-order valence-corrected chi connectivity index (χ3v) is 23.5. The number of halogens is 4. The predicted octanol–water partition coefficient (Wildman–Crippen LogP) is 21.7. The fraction of sp³-hybridized carbons (Fsp3) is 0.486. The van der Waals surface area contributed by atoms with Crippen LogP contribution in [0.3, 0.4) is 0 Å². The molecule has 8 aliphatic heterocycles. The molecule has 710 valence electrons. The van der Waals surface area contributed by atoms with Crippen molar-refractivity contribution in [3.63, 3.8) is 0 Å². The van der Waals surface area contributed by atoms with Gasteiger partial charge in [-0.15, -0.1) is 0 Å². The van der Waals surface area contributed by atoms with Crippen LogP contribution in [0.25, 0.3) is 0 Å². The van der Waals surface area contributed by atoms with Gasteiger partial charge in [-0.3, -0.25) is 28.8 Å². The Balaban J connectivity index is 0.000000169. The quantitative estimate of drug-likeness (QED) is 0.0619. The minimum absolute atomic E-state index is 0.00852. The van der Waals surface area contributed by atoms with Gasteiger partial charge in [0.25, 0.3) is 23.6 Å². The minimum atomic E-state index is -4.66. The van der Waals surface area contributed by atoms with Gasteiger partial charge < -0.3 is 59.5 Å². The largest absolute Gasteiger partial charge is 0.507 e. The maximum absolute atomic E-state index is 13.0. The summed E-state index contributed by atoms with van der Waals surface area (Å²) in [6, 6.07) is 47.6. The van der Waals surface area contributed by atoms with Gasteiger partial charge in [0.1, 0.15) is 23.0 Å². The number of fused-ring (bicyclic) bond motifs is 8. The van der Waals surface area contributed by atoms with Crippen LogP contribution in [0.4, 0.5) is 51.7 Å². The van der Waals surface area contributed by atoms with E-state index in [9.17, 15) is 54.7 Å². The van der Waals surface area contributed by atoms with Crippen LogP contribution < -0.4 is 59.5 Å². The van der Waals surface area contributed by atoms with Crippen LogP contribution in [0, 0.1) is 47.3 Å². The Morgan fingerprint density at radius 1 is 0.374 bits per heavy atom. The fourth-order valence-electron chi connectivity index (χ4n) is 15.9. The molecule has 0 saturated carbocycles. The molecule has 8 aliphatic rings. The van der Waals surface area contributed by atoms with Crippen molar-refractivity contribution < 1.29 is 83.2 Å². The first-order valence-corrected chi connectivity index (χ1v) is 47.8. The maximum Gasteiger partial charge on any atom is 0.507 e. The average molecular weight is 1830 g/mol.